The van der Waals surface area contributed by atoms with Gasteiger partial charge in [-0.1, -0.05) is 0 Å². The molecule has 0 aliphatic heterocycles. The molecule has 0 aliphatic carbocycles. The lowest BCUT2D eigenvalue weighted by atomic mass is 9.85. The molecule has 0 aliphatic rings. The van der Waals surface area contributed by atoms with E-state index in [4.69, 9.17) is 0 Å². The van der Waals surface area contributed by atoms with Crippen LogP contribution in [0.5, 0.6) is 0 Å². The van der Waals surface area contributed by atoms with Gasteiger partial charge in [0.15, 0.2) is 0 Å². The molecule has 0 aromatic carbocycles. The molecule has 680 valence electrons. The first-order valence-electron chi connectivity index (χ1n) is 24.7. The summed E-state index contributed by atoms with van der Waals surface area (Å²) in [4.78, 5) is 0. The van der Waals surface area contributed by atoms with Gasteiger partial charge in [-0.05, 0) is 0 Å². The second kappa shape index (κ2) is 27.9. The monoisotopic (exact) mass is 1890 g/mol. The Morgan fingerprint density at radius 2 is 0.212 bits per heavy atom. The van der Waals surface area contributed by atoms with Crippen LogP contribution in [0.25, 0.3) is 0 Å². The van der Waals surface area contributed by atoms with E-state index in [0.717, 1.165) is 0 Å². The molecule has 4 nitrogen and oxygen atoms in total. The van der Waals surface area contributed by atoms with Crippen LogP contribution in [-0.2, 0) is 18.1 Å². The summed E-state index contributed by atoms with van der Waals surface area (Å²) in [5.74, 6) is -293. The van der Waals surface area contributed by atoms with Crippen LogP contribution >= 0.6 is 7.82 Å². The average molecular weight is 1890 g/mol. The minimum Gasteiger partial charge on any atom is -0.287 e. The normalized spacial score (nSPS) is 17.2. The summed E-state index contributed by atoms with van der Waals surface area (Å²) in [6.45, 7) is -12.9. The van der Waals surface area contributed by atoms with E-state index < -0.39 is 243 Å². The molecule has 0 saturated carbocycles. The second-order valence-electron chi connectivity index (χ2n) is 21.3. The minimum atomic E-state index is -10.3. The maximum absolute atomic E-state index is 14.7. The van der Waals surface area contributed by atoms with E-state index in [1.807, 2.05) is 0 Å². The van der Waals surface area contributed by atoms with Crippen molar-refractivity contribution < 1.29 is 321 Å². The summed E-state index contributed by atoms with van der Waals surface area (Å²) >= 11 is 0. The fourth-order valence-electron chi connectivity index (χ4n) is 6.80. The third-order valence-electron chi connectivity index (χ3n) is 13.9. The largest absolute Gasteiger partial charge is 0.474 e. The fourth-order valence-corrected chi connectivity index (χ4v) is 7.97. The molecule has 0 unspecified atom stereocenters. The fraction of sp³-hybridized carbons (Fsp3) is 1.00. The minimum absolute atomic E-state index is 2.75. The van der Waals surface area contributed by atoms with Crippen LogP contribution in [-0.4, -0.2) is 216 Å². The predicted octanol–water partition coefficient (Wildman–Crippen LogP) is 24.1. The molecule has 74 heteroatoms. The van der Waals surface area contributed by atoms with Crippen molar-refractivity contribution in [3.63, 3.8) is 0 Å². The van der Waals surface area contributed by atoms with E-state index in [0.29, 0.717) is 0 Å². The van der Waals surface area contributed by atoms with Crippen molar-refractivity contribution in [3.05, 3.63) is 0 Å². The summed E-state index contributed by atoms with van der Waals surface area (Å²) in [5.41, 5.74) is 0. The van der Waals surface area contributed by atoms with Gasteiger partial charge in [0.05, 0.1) is 19.8 Å². The lowest BCUT2D eigenvalue weighted by Crippen LogP contribution is -2.77. The van der Waals surface area contributed by atoms with Crippen LogP contribution < -0.4 is 0 Å². The molecule has 0 aromatic rings. The predicted molar refractivity (Wildman–Crippen MR) is 206 cm³/mol. The van der Waals surface area contributed by atoms with Crippen molar-refractivity contribution >= 4 is 7.82 Å². The van der Waals surface area contributed by atoms with E-state index in [9.17, 15) is 308 Å². The number of phosphoric ester groups is 1. The number of hydrogen-bond donors (Lipinski definition) is 0. The van der Waals surface area contributed by atoms with Crippen LogP contribution in [0.15, 0.2) is 0 Å². The summed E-state index contributed by atoms with van der Waals surface area (Å²) in [5, 5.41) is 0. The molecule has 0 radical (unpaired) electrons. The van der Waals surface area contributed by atoms with Gasteiger partial charge in [-0.2, -0.15) is 303 Å². The number of rotatable bonds is 39. The van der Waals surface area contributed by atoms with Crippen LogP contribution in [0.4, 0.5) is 303 Å². The molecule has 0 fully saturated rings. The van der Waals surface area contributed by atoms with Gasteiger partial charge in [0.25, 0.3) is 0 Å². The van der Waals surface area contributed by atoms with Gasteiger partial charge in [-0.25, -0.2) is 4.57 Å². The van der Waals surface area contributed by atoms with Gasteiger partial charge in [0, 0.05) is 19.3 Å². The molecule has 0 saturated heterocycles. The molecule has 0 aromatic heterocycles. The maximum atomic E-state index is 14.7. The number of hydrogen-bond acceptors (Lipinski definition) is 4. The van der Waals surface area contributed by atoms with Crippen molar-refractivity contribution in [2.45, 2.75) is 215 Å². The van der Waals surface area contributed by atoms with Crippen LogP contribution in [0, 0.1) is 0 Å². The molecule has 0 N–H and O–H groups in total. The van der Waals surface area contributed by atoms with E-state index in [-0.39, 0.29) is 0 Å². The smallest absolute Gasteiger partial charge is 0.287 e. The van der Waals surface area contributed by atoms with E-state index >= 15 is 0 Å². The zero-order valence-corrected chi connectivity index (χ0v) is 49.8. The Labute approximate surface area is 565 Å². The summed E-state index contributed by atoms with van der Waals surface area (Å²) in [6, 6.07) is 0. The van der Waals surface area contributed by atoms with E-state index in [1.165, 1.54) is 0 Å². The Kier molecular flexibility index (Phi) is 26.8. The standard InChI is InChI=1S/C39H12F69O4P/c40-7(41,10(46,47)13(52,53)16(58,59)19(64,65)22(70,71)25(76,77)28(82,83)31(88,89)34(94,95)37(100,101)102)1-4-110-113(109,111-5-2-8(42,43)11(48,49)14(54,55)17(60,61)20(66,67)23(72,73)26(78,79)29(84,85)32(90,91)35(96,97)38(103,104)105)112-6-3-9(44,45)12(50,51)15(56,57)18(62,63)21(68,69)24(74,75)27(80,81)30(86,87)33(92,93)36(98,99)39(106,107)108/h1-6H2. The zero-order chi connectivity index (χ0) is 93.4. The maximum Gasteiger partial charge on any atom is 0.474 e. The molecule has 0 atom stereocenters. The van der Waals surface area contributed by atoms with Crippen molar-refractivity contribution in [2.75, 3.05) is 19.8 Å². The number of halogens is 69. The summed E-state index contributed by atoms with van der Waals surface area (Å²) < 4.78 is 976. The molecule has 0 rings (SSSR count). The van der Waals surface area contributed by atoms with Gasteiger partial charge in [0.2, 0.25) is 0 Å². The highest BCUT2D eigenvalue weighted by Gasteiger charge is 3.03. The Morgan fingerprint density at radius 3 is 0.301 bits per heavy atom. The molecule has 0 spiro atoms. The van der Waals surface area contributed by atoms with Crippen LogP contribution in [0.3, 0.4) is 0 Å². The third kappa shape index (κ3) is 14.2. The first kappa shape index (κ1) is 108. The van der Waals surface area contributed by atoms with Crippen LogP contribution in [0.1, 0.15) is 19.3 Å². The Hall–Kier alpha value is -4.72. The average Bonchev–Trinajstić information content (AvgIpc) is 0.690. The summed E-state index contributed by atoms with van der Waals surface area (Å²) in [7, 11) is -8.63. The Bertz CT molecular complexity index is 3010. The van der Waals surface area contributed by atoms with Gasteiger partial charge < -0.3 is 0 Å². The van der Waals surface area contributed by atoms with Crippen molar-refractivity contribution in [3.8, 4) is 0 Å². The van der Waals surface area contributed by atoms with Crippen molar-refractivity contribution in [1.29, 1.82) is 0 Å². The van der Waals surface area contributed by atoms with E-state index in [2.05, 4.69) is 13.6 Å². The highest BCUT2D eigenvalue weighted by Crippen LogP contribution is 2.73. The first-order valence-corrected chi connectivity index (χ1v) is 26.2. The van der Waals surface area contributed by atoms with Gasteiger partial charge >= 0.3 is 204 Å². The second-order valence-corrected chi connectivity index (χ2v) is 23.0. The molecule has 0 bridgehead atoms. The Balaban J connectivity index is 8.51. The molecular formula is C39H12F69O4P. The molecule has 113 heavy (non-hydrogen) atoms. The zero-order valence-electron chi connectivity index (χ0n) is 48.9. The topological polar surface area (TPSA) is 44.8 Å². The van der Waals surface area contributed by atoms with Crippen LogP contribution in [0.2, 0.25) is 0 Å². The highest BCUT2D eigenvalue weighted by molar-refractivity contribution is 7.48. The van der Waals surface area contributed by atoms with Crippen molar-refractivity contribution in [1.82, 2.24) is 0 Å². The van der Waals surface area contributed by atoms with Crippen molar-refractivity contribution in [2.24, 2.45) is 0 Å². The number of alkyl halides is 69. The van der Waals surface area contributed by atoms with Gasteiger partial charge in [-0.3, -0.25) is 13.6 Å². The van der Waals surface area contributed by atoms with Gasteiger partial charge in [0.1, 0.15) is 0 Å². The number of phosphoric acid groups is 1. The quantitative estimate of drug-likeness (QED) is 0.0454. The third-order valence-corrected chi connectivity index (χ3v) is 15.4. The molecule has 0 heterocycles. The van der Waals surface area contributed by atoms with E-state index in [1.54, 1.807) is 0 Å². The Morgan fingerprint density at radius 1 is 0.133 bits per heavy atom. The van der Waals surface area contributed by atoms with Gasteiger partial charge in [-0.15, -0.1) is 0 Å². The molecule has 0 amide bonds. The molecular weight excluding hydrogens is 1870 g/mol. The lowest BCUT2D eigenvalue weighted by molar-refractivity contribution is -0.478. The summed E-state index contributed by atoms with van der Waals surface area (Å²) in [6.07, 6.45) is -40.4. The highest BCUT2D eigenvalue weighted by atomic mass is 31.2. The lowest BCUT2D eigenvalue weighted by Gasteiger charge is -2.45. The SMILES string of the molecule is O=P(OCCC(F)(F)C(F)(F)C(F)(F)C(F)(F)C(F)(F)C(F)(F)C(F)(F)C(F)(F)C(F)(F)C(F)(F)C(F)(F)F)(OCCC(F)(F)C(F)(F)C(F)(F)C(F)(F)C(F)(F)C(F)(F)C(F)(F)C(F)(F)C(F)(F)C(F)(F)C(F)(F)F)OCCC(F)(F)C(F)(F)C(F)(F)C(F)(F)C(F)(F)C(F)(F)C(F)(F)C(F)(F)C(F)(F)C(F)(F)C(F)(F)F. The first-order chi connectivity index (χ1) is 47.6.